The second kappa shape index (κ2) is 3.44. The van der Waals surface area contributed by atoms with Crippen molar-refractivity contribution in [2.24, 2.45) is 17.3 Å². The van der Waals surface area contributed by atoms with Crippen LogP contribution < -0.4 is 0 Å². The Kier molecular flexibility index (Phi) is 2.73. The Morgan fingerprint density at radius 1 is 1.33 bits per heavy atom. The number of hydrogen-bond donors (Lipinski definition) is 1. The first-order chi connectivity index (χ1) is 5.57. The topological polar surface area (TPSA) is 20.2 Å². The smallest absolute Gasteiger partial charge is 0.0554 e. The lowest BCUT2D eigenvalue weighted by atomic mass is 9.81. The van der Waals surface area contributed by atoms with E-state index in [9.17, 15) is 0 Å². The molecule has 1 N–H and O–H groups in total. The molecule has 0 fully saturated rings. The third kappa shape index (κ3) is 1.98. The molecule has 1 aliphatic rings. The van der Waals surface area contributed by atoms with Gasteiger partial charge in [0.1, 0.15) is 0 Å². The van der Waals surface area contributed by atoms with Gasteiger partial charge in [-0.05, 0) is 11.8 Å². The van der Waals surface area contributed by atoms with Gasteiger partial charge < -0.3 is 5.11 Å². The van der Waals surface area contributed by atoms with Crippen molar-refractivity contribution in [2.75, 3.05) is 6.61 Å². The summed E-state index contributed by atoms with van der Waals surface area (Å²) in [6.07, 6.45) is 8.61. The van der Waals surface area contributed by atoms with Crippen LogP contribution in [-0.2, 0) is 0 Å². The Balaban J connectivity index is 2.66. The van der Waals surface area contributed by atoms with Crippen LogP contribution >= 0.6 is 0 Å². The molecule has 0 atom stereocenters. The molecule has 1 aliphatic carbocycles. The predicted molar refractivity (Wildman–Crippen MR) is 51.8 cm³/mol. The van der Waals surface area contributed by atoms with Gasteiger partial charge in [0.15, 0.2) is 0 Å². The van der Waals surface area contributed by atoms with Crippen LogP contribution in [0.25, 0.3) is 0 Å². The second-order valence-electron chi connectivity index (χ2n) is 4.20. The minimum absolute atomic E-state index is 0.120. The Labute approximate surface area is 74.8 Å². The van der Waals surface area contributed by atoms with Crippen LogP contribution in [0.2, 0.25) is 0 Å². The van der Waals surface area contributed by atoms with E-state index in [0.717, 1.165) is 0 Å². The summed E-state index contributed by atoms with van der Waals surface area (Å²) in [5.41, 5.74) is -0.120. The number of aliphatic hydroxyl groups excluding tert-OH is 1. The molecule has 0 amide bonds. The lowest BCUT2D eigenvalue weighted by molar-refractivity contribution is 0.217. The highest BCUT2D eigenvalue weighted by molar-refractivity contribution is 5.19. The van der Waals surface area contributed by atoms with Crippen molar-refractivity contribution < 1.29 is 5.11 Å². The normalized spacial score (nSPS) is 34.6. The maximum Gasteiger partial charge on any atom is 0.0554 e. The number of hydrogen-bond acceptors (Lipinski definition) is 1. The maximum atomic E-state index is 9.07. The van der Waals surface area contributed by atoms with E-state index in [4.69, 9.17) is 5.11 Å². The summed E-state index contributed by atoms with van der Waals surface area (Å²) in [5.74, 6) is 1.20. The first-order valence-electron chi connectivity index (χ1n) is 4.57. The Morgan fingerprint density at radius 2 is 1.83 bits per heavy atom. The van der Waals surface area contributed by atoms with Gasteiger partial charge in [-0.15, -0.1) is 0 Å². The van der Waals surface area contributed by atoms with Crippen LogP contribution in [0.15, 0.2) is 24.3 Å². The summed E-state index contributed by atoms with van der Waals surface area (Å²) in [6.45, 7) is 6.66. The maximum absolute atomic E-state index is 9.07. The average Bonchev–Trinajstić information content (AvgIpc) is 2.05. The second-order valence-corrected chi connectivity index (χ2v) is 4.20. The molecule has 0 radical (unpaired) electrons. The number of aliphatic hydroxyl groups is 1. The van der Waals surface area contributed by atoms with Crippen molar-refractivity contribution in [3.05, 3.63) is 24.3 Å². The predicted octanol–water partition coefficient (Wildman–Crippen LogP) is 2.38. The average molecular weight is 166 g/mol. The molecule has 0 spiro atoms. The van der Waals surface area contributed by atoms with E-state index < -0.39 is 0 Å². The molecule has 0 saturated heterocycles. The first kappa shape index (κ1) is 9.53. The largest absolute Gasteiger partial charge is 0.395 e. The lowest BCUT2D eigenvalue weighted by Gasteiger charge is -2.25. The molecule has 0 bridgehead atoms. The summed E-state index contributed by atoms with van der Waals surface area (Å²) in [4.78, 5) is 0. The molecule has 12 heavy (non-hydrogen) atoms. The van der Waals surface area contributed by atoms with Crippen LogP contribution in [0.1, 0.15) is 20.8 Å². The van der Waals surface area contributed by atoms with Crippen molar-refractivity contribution in [3.8, 4) is 0 Å². The highest BCUT2D eigenvalue weighted by Crippen LogP contribution is 2.28. The zero-order valence-electron chi connectivity index (χ0n) is 8.12. The van der Waals surface area contributed by atoms with Crippen molar-refractivity contribution >= 4 is 0 Å². The van der Waals surface area contributed by atoms with Gasteiger partial charge in [0.05, 0.1) is 6.61 Å². The van der Waals surface area contributed by atoms with Gasteiger partial charge in [-0.3, -0.25) is 0 Å². The van der Waals surface area contributed by atoms with Gasteiger partial charge >= 0.3 is 0 Å². The zero-order chi connectivity index (χ0) is 9.19. The molecule has 0 aromatic rings. The van der Waals surface area contributed by atoms with E-state index in [0.29, 0.717) is 11.8 Å². The molecule has 0 aliphatic heterocycles. The zero-order valence-corrected chi connectivity index (χ0v) is 8.12. The summed E-state index contributed by atoms with van der Waals surface area (Å²) < 4.78 is 0. The fourth-order valence-electron chi connectivity index (χ4n) is 1.33. The number of allylic oxidation sites excluding steroid dienone is 2. The molecule has 0 aromatic carbocycles. The molecule has 0 aromatic heterocycles. The monoisotopic (exact) mass is 166 g/mol. The van der Waals surface area contributed by atoms with E-state index in [2.05, 4.69) is 38.2 Å². The fraction of sp³-hybridized carbons (Fsp3) is 0.636. The van der Waals surface area contributed by atoms with Crippen molar-refractivity contribution in [1.29, 1.82) is 0 Å². The third-order valence-electron chi connectivity index (χ3n) is 2.51. The quantitative estimate of drug-likeness (QED) is 0.624. The standard InChI is InChI=1S/C11H18O/c1-9(2)10-4-6-11(3,8-12)7-5-10/h4-7,9-10,12H,8H2,1-3H3. The summed E-state index contributed by atoms with van der Waals surface area (Å²) in [5, 5.41) is 9.07. The van der Waals surface area contributed by atoms with Crippen LogP contribution in [0, 0.1) is 17.3 Å². The summed E-state index contributed by atoms with van der Waals surface area (Å²) in [7, 11) is 0. The van der Waals surface area contributed by atoms with Gasteiger partial charge in [0.25, 0.3) is 0 Å². The van der Waals surface area contributed by atoms with E-state index in [1.165, 1.54) is 0 Å². The minimum atomic E-state index is -0.120. The molecular formula is C11H18O. The Morgan fingerprint density at radius 3 is 2.17 bits per heavy atom. The van der Waals surface area contributed by atoms with Gasteiger partial charge in [-0.1, -0.05) is 45.1 Å². The van der Waals surface area contributed by atoms with E-state index >= 15 is 0 Å². The van der Waals surface area contributed by atoms with E-state index in [1.54, 1.807) is 0 Å². The van der Waals surface area contributed by atoms with Crippen molar-refractivity contribution in [1.82, 2.24) is 0 Å². The lowest BCUT2D eigenvalue weighted by Crippen LogP contribution is -2.20. The van der Waals surface area contributed by atoms with Gasteiger partial charge in [-0.2, -0.15) is 0 Å². The molecule has 0 unspecified atom stereocenters. The molecule has 1 rings (SSSR count). The van der Waals surface area contributed by atoms with Gasteiger partial charge in [-0.25, -0.2) is 0 Å². The molecular weight excluding hydrogens is 148 g/mol. The van der Waals surface area contributed by atoms with Crippen LogP contribution in [0.4, 0.5) is 0 Å². The van der Waals surface area contributed by atoms with Crippen LogP contribution in [0.5, 0.6) is 0 Å². The Bertz CT molecular complexity index is 187. The fourth-order valence-corrected chi connectivity index (χ4v) is 1.33. The summed E-state index contributed by atoms with van der Waals surface area (Å²) >= 11 is 0. The first-order valence-corrected chi connectivity index (χ1v) is 4.57. The van der Waals surface area contributed by atoms with Crippen molar-refractivity contribution in [2.45, 2.75) is 20.8 Å². The molecule has 1 heteroatoms. The molecule has 68 valence electrons. The van der Waals surface area contributed by atoms with Crippen LogP contribution in [0.3, 0.4) is 0 Å². The highest BCUT2D eigenvalue weighted by Gasteiger charge is 2.21. The van der Waals surface area contributed by atoms with Crippen LogP contribution in [-0.4, -0.2) is 11.7 Å². The molecule has 1 nitrogen and oxygen atoms in total. The van der Waals surface area contributed by atoms with Gasteiger partial charge in [0, 0.05) is 5.41 Å². The third-order valence-corrected chi connectivity index (χ3v) is 2.51. The number of rotatable bonds is 2. The van der Waals surface area contributed by atoms with Crippen molar-refractivity contribution in [3.63, 3.8) is 0 Å². The Hall–Kier alpha value is -0.560. The highest BCUT2D eigenvalue weighted by atomic mass is 16.3. The van der Waals surface area contributed by atoms with E-state index in [1.807, 2.05) is 6.92 Å². The SMILES string of the molecule is CC(C)C1C=CC(C)(CO)C=C1. The van der Waals surface area contributed by atoms with Gasteiger partial charge in [0.2, 0.25) is 0 Å². The minimum Gasteiger partial charge on any atom is -0.395 e. The van der Waals surface area contributed by atoms with E-state index in [-0.39, 0.29) is 12.0 Å². The summed E-state index contributed by atoms with van der Waals surface area (Å²) in [6, 6.07) is 0. The molecule has 0 heterocycles. The molecule has 0 saturated carbocycles.